The van der Waals surface area contributed by atoms with E-state index in [-0.39, 0.29) is 4.31 Å². The van der Waals surface area contributed by atoms with E-state index in [1.54, 1.807) is 0 Å². The molecule has 0 aliphatic rings. The number of rotatable bonds is 0. The fourth-order valence-electron chi connectivity index (χ4n) is 0. The molecule has 0 bridgehead atoms. The Kier molecular flexibility index (Phi) is 3.26. The monoisotopic (exact) mass is 176 g/mol. The molecule has 1 unspecified atom stereocenters. The molecule has 38 valence electrons. The number of hydrogen-bond acceptors (Lipinski definition) is 1. The summed E-state index contributed by atoms with van der Waals surface area (Å²) in [6.45, 7) is 6.12. The fourth-order valence-corrected chi connectivity index (χ4v) is 0. The molecule has 7 heavy (non-hydrogen) atoms. The van der Waals surface area contributed by atoms with E-state index >= 15 is 0 Å². The van der Waals surface area contributed by atoms with Crippen LogP contribution >= 0.6 is 0 Å². The van der Waals surface area contributed by atoms with E-state index in [0.29, 0.717) is 0 Å². The predicted molar refractivity (Wildman–Crippen MR) is 31.9 cm³/mol. The van der Waals surface area contributed by atoms with Gasteiger partial charge in [0, 0.05) is 0 Å². The van der Waals surface area contributed by atoms with E-state index in [9.17, 15) is 3.83 Å². The van der Waals surface area contributed by atoms with Crippen LogP contribution in [0.2, 0.25) is 4.31 Å². The first-order valence-electron chi connectivity index (χ1n) is 2.28. The van der Waals surface area contributed by atoms with Gasteiger partial charge in [0.2, 0.25) is 0 Å². The molecule has 0 spiro atoms. The molecular formula is C4H9NaOSe. The van der Waals surface area contributed by atoms with Gasteiger partial charge in [0.1, 0.15) is 0 Å². The SMILES string of the molecule is CC(C)(C)[Se](=O)[Na]. The summed E-state index contributed by atoms with van der Waals surface area (Å²) in [5.74, 6) is 0. The maximum atomic E-state index is 10.7. The van der Waals surface area contributed by atoms with E-state index in [0.717, 1.165) is 25.4 Å². The average molecular weight is 175 g/mol. The molecule has 0 aliphatic heterocycles. The molecule has 0 aromatic rings. The van der Waals surface area contributed by atoms with Crippen molar-refractivity contribution in [1.82, 2.24) is 0 Å². The molecule has 0 aromatic carbocycles. The van der Waals surface area contributed by atoms with Crippen LogP contribution in [0.4, 0.5) is 0 Å². The summed E-state index contributed by atoms with van der Waals surface area (Å²) in [4.78, 5) is 0. The van der Waals surface area contributed by atoms with Crippen molar-refractivity contribution in [3.63, 3.8) is 0 Å². The van der Waals surface area contributed by atoms with Gasteiger partial charge in [0.25, 0.3) is 0 Å². The Hall–Kier alpha value is 1.32. The molecule has 0 rings (SSSR count). The summed E-state index contributed by atoms with van der Waals surface area (Å²) in [5, 5.41) is 0. The standard InChI is InChI=1S/C4H9OSe.Na/c1-4(2,3)6-5;/h1-3H3;/q+1;-1. The van der Waals surface area contributed by atoms with E-state index < -0.39 is 9.39 Å². The third kappa shape index (κ3) is 3.87. The van der Waals surface area contributed by atoms with Gasteiger partial charge in [-0.15, -0.1) is 0 Å². The van der Waals surface area contributed by atoms with Gasteiger partial charge in [0.15, 0.2) is 0 Å². The second-order valence-electron chi connectivity index (χ2n) is 2.57. The van der Waals surface area contributed by atoms with Gasteiger partial charge in [-0.3, -0.25) is 0 Å². The zero-order valence-electron chi connectivity index (χ0n) is 5.32. The molecule has 0 aromatic heterocycles. The normalized spacial score (nSPS) is 16.7. The van der Waals surface area contributed by atoms with Gasteiger partial charge in [0.05, 0.1) is 0 Å². The Morgan fingerprint density at radius 3 is 1.57 bits per heavy atom. The summed E-state index contributed by atoms with van der Waals surface area (Å²) in [7, 11) is -1.35. The summed E-state index contributed by atoms with van der Waals surface area (Å²) >= 11 is 0.897. The molecule has 0 N–H and O–H groups in total. The predicted octanol–water partition coefficient (Wildman–Crippen LogP) is 0.874. The van der Waals surface area contributed by atoms with Crippen molar-refractivity contribution in [2.24, 2.45) is 0 Å². The molecular weight excluding hydrogens is 166 g/mol. The Bertz CT molecular complexity index is 84.2. The van der Waals surface area contributed by atoms with Crippen molar-refractivity contribution < 1.29 is 3.83 Å². The Morgan fingerprint density at radius 2 is 1.57 bits per heavy atom. The van der Waals surface area contributed by atoms with Crippen molar-refractivity contribution in [2.45, 2.75) is 25.1 Å². The zero-order valence-corrected chi connectivity index (χ0v) is 9.03. The van der Waals surface area contributed by atoms with Gasteiger partial charge in [-0.1, -0.05) is 0 Å². The molecule has 0 heterocycles. The third-order valence-corrected chi connectivity index (χ3v) is 10.8. The Morgan fingerprint density at radius 1 is 1.43 bits per heavy atom. The summed E-state index contributed by atoms with van der Waals surface area (Å²) in [5.41, 5.74) is 0. The fraction of sp³-hybridized carbons (Fsp3) is 1.00. The molecule has 0 radical (unpaired) electrons. The topological polar surface area (TPSA) is 17.1 Å². The second kappa shape index (κ2) is 2.74. The molecule has 0 amide bonds. The van der Waals surface area contributed by atoms with E-state index in [4.69, 9.17) is 0 Å². The van der Waals surface area contributed by atoms with Crippen LogP contribution in [0.3, 0.4) is 0 Å². The Balaban J connectivity index is 3.79. The quantitative estimate of drug-likeness (QED) is 0.499. The van der Waals surface area contributed by atoms with E-state index in [2.05, 4.69) is 0 Å². The van der Waals surface area contributed by atoms with E-state index in [1.807, 2.05) is 20.8 Å². The second-order valence-corrected chi connectivity index (χ2v) is 10.9. The van der Waals surface area contributed by atoms with Crippen LogP contribution in [-0.4, -0.2) is 34.8 Å². The summed E-state index contributed by atoms with van der Waals surface area (Å²) < 4.78 is 10.9. The van der Waals surface area contributed by atoms with Gasteiger partial charge >= 0.3 is 63.7 Å². The van der Waals surface area contributed by atoms with E-state index in [1.165, 1.54) is 0 Å². The van der Waals surface area contributed by atoms with Crippen molar-refractivity contribution in [2.75, 3.05) is 0 Å². The van der Waals surface area contributed by atoms with Crippen molar-refractivity contribution in [3.05, 3.63) is 0 Å². The first kappa shape index (κ1) is 8.32. The molecule has 0 fully saturated rings. The van der Waals surface area contributed by atoms with Gasteiger partial charge < -0.3 is 0 Å². The summed E-state index contributed by atoms with van der Waals surface area (Å²) in [6.07, 6.45) is 0. The van der Waals surface area contributed by atoms with Crippen LogP contribution in [0.1, 0.15) is 20.8 Å². The van der Waals surface area contributed by atoms with Crippen molar-refractivity contribution in [3.8, 4) is 0 Å². The first-order valence-corrected chi connectivity index (χ1v) is 9.79. The van der Waals surface area contributed by atoms with Crippen LogP contribution in [0.5, 0.6) is 0 Å². The molecule has 3 heteroatoms. The van der Waals surface area contributed by atoms with Crippen LogP contribution in [0.15, 0.2) is 0 Å². The number of hydrogen-bond donors (Lipinski definition) is 0. The molecule has 0 aliphatic carbocycles. The molecule has 1 atom stereocenters. The van der Waals surface area contributed by atoms with Gasteiger partial charge in [-0.25, -0.2) is 0 Å². The molecule has 1 nitrogen and oxygen atoms in total. The maximum absolute atomic E-state index is 10.7. The average Bonchev–Trinajstić information content (AvgIpc) is 1.31. The minimum atomic E-state index is -1.35. The Labute approximate surface area is 63.2 Å². The summed E-state index contributed by atoms with van der Waals surface area (Å²) in [6, 6.07) is 0. The molecule has 0 saturated carbocycles. The minimum absolute atomic E-state index is 0.131. The first-order chi connectivity index (χ1) is 2.94. The van der Waals surface area contributed by atoms with Gasteiger partial charge in [-0.05, 0) is 0 Å². The third-order valence-electron chi connectivity index (χ3n) is 0.862. The van der Waals surface area contributed by atoms with Crippen LogP contribution in [-0.2, 0) is 3.83 Å². The van der Waals surface area contributed by atoms with Crippen LogP contribution in [0.25, 0.3) is 0 Å². The zero-order chi connectivity index (χ0) is 6.08. The van der Waals surface area contributed by atoms with Crippen LogP contribution in [0, 0.1) is 0 Å². The van der Waals surface area contributed by atoms with Gasteiger partial charge in [-0.2, -0.15) is 0 Å². The van der Waals surface area contributed by atoms with Crippen molar-refractivity contribution >= 4 is 34.8 Å². The molecule has 0 saturated heterocycles. The van der Waals surface area contributed by atoms with Crippen LogP contribution < -0.4 is 0 Å². The van der Waals surface area contributed by atoms with Crippen molar-refractivity contribution in [1.29, 1.82) is 0 Å².